The zero-order valence-corrected chi connectivity index (χ0v) is 17.1. The highest BCUT2D eigenvalue weighted by Crippen LogP contribution is 2.47. The van der Waals surface area contributed by atoms with Gasteiger partial charge in [0.2, 0.25) is 0 Å². The van der Waals surface area contributed by atoms with E-state index in [9.17, 15) is 0 Å². The first-order valence-corrected chi connectivity index (χ1v) is 12.3. The molecule has 0 saturated heterocycles. The third-order valence-electron chi connectivity index (χ3n) is 9.34. The molecule has 0 aliphatic heterocycles. The minimum absolute atomic E-state index is 1.02. The van der Waals surface area contributed by atoms with E-state index < -0.39 is 0 Å². The average Bonchev–Trinajstić information content (AvgIpc) is 2.70. The molecule has 0 radical (unpaired) electrons. The Morgan fingerprint density at radius 1 is 0.320 bits per heavy atom. The van der Waals surface area contributed by atoms with Crippen molar-refractivity contribution in [3.63, 3.8) is 0 Å². The maximum Gasteiger partial charge on any atom is -0.0386 e. The van der Waals surface area contributed by atoms with Crippen molar-refractivity contribution >= 4 is 0 Å². The van der Waals surface area contributed by atoms with Gasteiger partial charge in [-0.05, 0) is 106 Å². The molecule has 144 valence electrons. The molecule has 0 heterocycles. The van der Waals surface area contributed by atoms with Crippen LogP contribution in [0.5, 0.6) is 0 Å². The Labute approximate surface area is 157 Å². The van der Waals surface area contributed by atoms with Gasteiger partial charge in [-0.1, -0.05) is 51.9 Å². The maximum atomic E-state index is 2.47. The molecule has 4 rings (SSSR count). The first-order valence-electron chi connectivity index (χ1n) is 12.3. The molecule has 0 aromatic carbocycles. The smallest absolute Gasteiger partial charge is 0.0386 e. The Morgan fingerprint density at radius 3 is 0.960 bits per heavy atom. The number of rotatable bonds is 3. The van der Waals surface area contributed by atoms with Gasteiger partial charge in [0.1, 0.15) is 0 Å². The van der Waals surface area contributed by atoms with Gasteiger partial charge < -0.3 is 0 Å². The fourth-order valence-corrected chi connectivity index (χ4v) is 7.54. The first-order chi connectivity index (χ1) is 12.3. The van der Waals surface area contributed by atoms with Crippen LogP contribution in [0.4, 0.5) is 0 Å². The molecule has 0 spiro atoms. The highest BCUT2D eigenvalue weighted by atomic mass is 14.4. The zero-order chi connectivity index (χ0) is 17.1. The molecule has 4 aliphatic rings. The van der Waals surface area contributed by atoms with Crippen molar-refractivity contribution in [3.05, 3.63) is 0 Å². The van der Waals surface area contributed by atoms with E-state index >= 15 is 0 Å². The zero-order valence-electron chi connectivity index (χ0n) is 17.1. The van der Waals surface area contributed by atoms with Gasteiger partial charge in [-0.25, -0.2) is 0 Å². The molecule has 0 aromatic rings. The SMILES string of the molecule is CC1CCC(C2CCC(C3CCC(C4CCCCC4)CC3)CC2)CC1. The molecule has 4 fully saturated rings. The van der Waals surface area contributed by atoms with Crippen LogP contribution >= 0.6 is 0 Å². The summed E-state index contributed by atoms with van der Waals surface area (Å²) in [5.74, 6) is 7.72. The molecule has 0 nitrogen and oxygen atoms in total. The molecule has 0 heteroatoms. The summed E-state index contributed by atoms with van der Waals surface area (Å²) >= 11 is 0. The van der Waals surface area contributed by atoms with Gasteiger partial charge >= 0.3 is 0 Å². The fourth-order valence-electron chi connectivity index (χ4n) is 7.54. The molecule has 4 saturated carbocycles. The standard InChI is InChI=1S/C25H44/c1-19-7-9-21(10-8-19)23-15-17-25(18-16-23)24-13-11-22(12-14-24)20-5-3-2-4-6-20/h19-25H,2-18H2,1H3. The fraction of sp³-hybridized carbons (Fsp3) is 1.00. The van der Waals surface area contributed by atoms with Crippen molar-refractivity contribution in [2.24, 2.45) is 41.4 Å². The van der Waals surface area contributed by atoms with E-state index in [4.69, 9.17) is 0 Å². The lowest BCUT2D eigenvalue weighted by Crippen LogP contribution is -2.31. The van der Waals surface area contributed by atoms with E-state index in [0.29, 0.717) is 0 Å². The molecule has 0 unspecified atom stereocenters. The van der Waals surface area contributed by atoms with Crippen LogP contribution in [0.1, 0.15) is 116 Å². The second-order valence-electron chi connectivity index (χ2n) is 10.8. The lowest BCUT2D eigenvalue weighted by Gasteiger charge is -2.42. The van der Waals surface area contributed by atoms with Crippen molar-refractivity contribution in [2.45, 2.75) is 116 Å². The minimum Gasteiger partial charge on any atom is -0.0625 e. The molecule has 0 atom stereocenters. The third kappa shape index (κ3) is 4.65. The maximum absolute atomic E-state index is 2.47. The normalized spacial score (nSPS) is 44.5. The van der Waals surface area contributed by atoms with Crippen LogP contribution in [0.3, 0.4) is 0 Å². The van der Waals surface area contributed by atoms with E-state index in [1.165, 1.54) is 32.1 Å². The molecule has 0 amide bonds. The summed E-state index contributed by atoms with van der Waals surface area (Å²) < 4.78 is 0. The quantitative estimate of drug-likeness (QED) is 0.486. The monoisotopic (exact) mass is 344 g/mol. The molecule has 0 bridgehead atoms. The largest absolute Gasteiger partial charge is 0.0625 e. The molecule has 25 heavy (non-hydrogen) atoms. The summed E-state index contributed by atoms with van der Waals surface area (Å²) in [5.41, 5.74) is 0. The highest BCUT2D eigenvalue weighted by Gasteiger charge is 2.35. The lowest BCUT2D eigenvalue weighted by atomic mass is 9.63. The second-order valence-corrected chi connectivity index (χ2v) is 10.8. The molecule has 0 N–H and O–H groups in total. The topological polar surface area (TPSA) is 0 Å². The van der Waals surface area contributed by atoms with E-state index in [2.05, 4.69) is 6.92 Å². The summed E-state index contributed by atoms with van der Waals surface area (Å²) in [6.45, 7) is 2.47. The van der Waals surface area contributed by atoms with Gasteiger partial charge in [0.05, 0.1) is 0 Å². The third-order valence-corrected chi connectivity index (χ3v) is 9.34. The number of hydrogen-bond donors (Lipinski definition) is 0. The van der Waals surface area contributed by atoms with E-state index in [-0.39, 0.29) is 0 Å². The van der Waals surface area contributed by atoms with Crippen LogP contribution < -0.4 is 0 Å². The molecule has 0 aromatic heterocycles. The van der Waals surface area contributed by atoms with Gasteiger partial charge in [0, 0.05) is 0 Å². The number of hydrogen-bond acceptors (Lipinski definition) is 0. The van der Waals surface area contributed by atoms with Crippen LogP contribution in [-0.2, 0) is 0 Å². The van der Waals surface area contributed by atoms with Crippen molar-refractivity contribution in [3.8, 4) is 0 Å². The molecular formula is C25H44. The van der Waals surface area contributed by atoms with Crippen LogP contribution in [0.25, 0.3) is 0 Å². The van der Waals surface area contributed by atoms with Gasteiger partial charge in [-0.3, -0.25) is 0 Å². The van der Waals surface area contributed by atoms with E-state index in [1.807, 2.05) is 0 Å². The van der Waals surface area contributed by atoms with E-state index in [1.54, 1.807) is 77.0 Å². The Bertz CT molecular complexity index is 369. The minimum atomic E-state index is 1.02. The summed E-state index contributed by atoms with van der Waals surface area (Å²) in [5, 5.41) is 0. The van der Waals surface area contributed by atoms with Crippen molar-refractivity contribution in [2.75, 3.05) is 0 Å². The summed E-state index contributed by atoms with van der Waals surface area (Å²) in [6, 6.07) is 0. The molecular weight excluding hydrogens is 300 g/mol. The Hall–Kier alpha value is 0. The van der Waals surface area contributed by atoms with Gasteiger partial charge in [0.15, 0.2) is 0 Å². The summed E-state index contributed by atoms with van der Waals surface area (Å²) in [4.78, 5) is 0. The van der Waals surface area contributed by atoms with Crippen molar-refractivity contribution < 1.29 is 0 Å². The molecule has 4 aliphatic carbocycles. The van der Waals surface area contributed by atoms with Gasteiger partial charge in [-0.15, -0.1) is 0 Å². The van der Waals surface area contributed by atoms with Gasteiger partial charge in [-0.2, -0.15) is 0 Å². The Kier molecular flexibility index (Phi) is 6.46. The van der Waals surface area contributed by atoms with Crippen molar-refractivity contribution in [1.29, 1.82) is 0 Å². The first kappa shape index (κ1) is 18.4. The van der Waals surface area contributed by atoms with Gasteiger partial charge in [0.25, 0.3) is 0 Å². The Morgan fingerprint density at radius 2 is 0.600 bits per heavy atom. The van der Waals surface area contributed by atoms with Crippen LogP contribution in [0, 0.1) is 41.4 Å². The van der Waals surface area contributed by atoms with E-state index in [0.717, 1.165) is 41.4 Å². The summed E-state index contributed by atoms with van der Waals surface area (Å²) in [6.07, 6.45) is 26.6. The van der Waals surface area contributed by atoms with Crippen LogP contribution in [0.15, 0.2) is 0 Å². The van der Waals surface area contributed by atoms with Crippen molar-refractivity contribution in [1.82, 2.24) is 0 Å². The predicted molar refractivity (Wildman–Crippen MR) is 109 cm³/mol. The van der Waals surface area contributed by atoms with Crippen LogP contribution in [-0.4, -0.2) is 0 Å². The average molecular weight is 345 g/mol. The summed E-state index contributed by atoms with van der Waals surface area (Å²) in [7, 11) is 0. The highest BCUT2D eigenvalue weighted by molar-refractivity contribution is 4.87. The second kappa shape index (κ2) is 8.79. The van der Waals surface area contributed by atoms with Crippen LogP contribution in [0.2, 0.25) is 0 Å². The Balaban J connectivity index is 1.18. The lowest BCUT2D eigenvalue weighted by molar-refractivity contribution is 0.0909. The predicted octanol–water partition coefficient (Wildman–Crippen LogP) is 8.01.